The maximum absolute atomic E-state index is 12.8. The van der Waals surface area contributed by atoms with Crippen molar-refractivity contribution in [3.8, 4) is 11.1 Å². The van der Waals surface area contributed by atoms with Crippen molar-refractivity contribution in [2.45, 2.75) is 39.2 Å². The molecule has 1 aromatic carbocycles. The summed E-state index contributed by atoms with van der Waals surface area (Å²) in [5, 5.41) is 7.98. The van der Waals surface area contributed by atoms with Gasteiger partial charge in [0.2, 0.25) is 11.9 Å². The maximum atomic E-state index is 12.8. The minimum atomic E-state index is -0.492. The SMILES string of the molecule is Cn1cc(-c2ccc3cnc(NC(=O)C4CCN(CC(=O)OC(C)(C)C)CC4)nc3c2)cn1. The fraction of sp³-hybridized carbons (Fsp3) is 0.458. The molecule has 1 fully saturated rings. The van der Waals surface area contributed by atoms with Gasteiger partial charge in [-0.1, -0.05) is 12.1 Å². The molecule has 9 nitrogen and oxygen atoms in total. The fourth-order valence-electron chi connectivity index (χ4n) is 3.96. The van der Waals surface area contributed by atoms with Crippen LogP contribution in [-0.4, -0.2) is 61.8 Å². The van der Waals surface area contributed by atoms with Gasteiger partial charge in [0.25, 0.3) is 0 Å². The van der Waals surface area contributed by atoms with Crippen molar-refractivity contribution in [3.05, 3.63) is 36.8 Å². The van der Waals surface area contributed by atoms with Gasteiger partial charge in [-0.25, -0.2) is 9.97 Å². The fourth-order valence-corrected chi connectivity index (χ4v) is 3.96. The number of amides is 1. The summed E-state index contributed by atoms with van der Waals surface area (Å²) in [6, 6.07) is 5.94. The second-order valence-corrected chi connectivity index (χ2v) is 9.50. The summed E-state index contributed by atoms with van der Waals surface area (Å²) in [7, 11) is 1.88. The number of carbonyl (C=O) groups excluding carboxylic acids is 2. The lowest BCUT2D eigenvalue weighted by atomic mass is 9.96. The van der Waals surface area contributed by atoms with Crippen LogP contribution in [0, 0.1) is 5.92 Å². The number of piperidine rings is 1. The van der Waals surface area contributed by atoms with Gasteiger partial charge in [-0.05, 0) is 58.3 Å². The van der Waals surface area contributed by atoms with Crippen molar-refractivity contribution in [2.75, 3.05) is 25.0 Å². The molecular formula is C24H30N6O3. The van der Waals surface area contributed by atoms with Crippen LogP contribution >= 0.6 is 0 Å². The van der Waals surface area contributed by atoms with Crippen molar-refractivity contribution in [1.82, 2.24) is 24.6 Å². The zero-order valence-corrected chi connectivity index (χ0v) is 19.5. The molecular weight excluding hydrogens is 420 g/mol. The lowest BCUT2D eigenvalue weighted by molar-refractivity contribution is -0.156. The van der Waals surface area contributed by atoms with E-state index in [9.17, 15) is 9.59 Å². The molecule has 9 heteroatoms. The van der Waals surface area contributed by atoms with Crippen LogP contribution in [-0.2, 0) is 21.4 Å². The molecule has 33 heavy (non-hydrogen) atoms. The van der Waals surface area contributed by atoms with E-state index in [0.717, 1.165) is 22.0 Å². The third-order valence-electron chi connectivity index (χ3n) is 5.59. The van der Waals surface area contributed by atoms with Crippen molar-refractivity contribution in [1.29, 1.82) is 0 Å². The summed E-state index contributed by atoms with van der Waals surface area (Å²) < 4.78 is 7.14. The summed E-state index contributed by atoms with van der Waals surface area (Å²) >= 11 is 0. The molecule has 174 valence electrons. The average molecular weight is 451 g/mol. The van der Waals surface area contributed by atoms with E-state index in [1.165, 1.54) is 0 Å². The number of fused-ring (bicyclic) bond motifs is 1. The quantitative estimate of drug-likeness (QED) is 0.596. The molecule has 0 bridgehead atoms. The van der Waals surface area contributed by atoms with Gasteiger partial charge in [0.05, 0.1) is 18.3 Å². The zero-order chi connectivity index (χ0) is 23.6. The molecule has 2 aromatic heterocycles. The first kappa shape index (κ1) is 22.8. The Hall–Kier alpha value is -3.33. The van der Waals surface area contributed by atoms with Gasteiger partial charge in [0, 0.05) is 36.3 Å². The number of nitrogens with zero attached hydrogens (tertiary/aromatic N) is 5. The smallest absolute Gasteiger partial charge is 0.320 e. The second-order valence-electron chi connectivity index (χ2n) is 9.50. The van der Waals surface area contributed by atoms with Crippen molar-refractivity contribution in [3.63, 3.8) is 0 Å². The highest BCUT2D eigenvalue weighted by Crippen LogP contribution is 2.24. The number of likely N-dealkylation sites (tertiary alicyclic amines) is 1. The van der Waals surface area contributed by atoms with Gasteiger partial charge in [0.1, 0.15) is 5.60 Å². The number of carbonyl (C=O) groups is 2. The first-order valence-corrected chi connectivity index (χ1v) is 11.2. The van der Waals surface area contributed by atoms with E-state index in [2.05, 4.69) is 20.4 Å². The van der Waals surface area contributed by atoms with Crippen molar-refractivity contribution >= 4 is 28.7 Å². The highest BCUT2D eigenvalue weighted by molar-refractivity contribution is 5.92. The Morgan fingerprint density at radius 1 is 1.15 bits per heavy atom. The largest absolute Gasteiger partial charge is 0.459 e. The van der Waals surface area contributed by atoms with Gasteiger partial charge in [-0.3, -0.25) is 24.5 Å². The maximum Gasteiger partial charge on any atom is 0.320 e. The number of nitrogens with one attached hydrogen (secondary N) is 1. The van der Waals surface area contributed by atoms with E-state index in [4.69, 9.17) is 4.74 Å². The molecule has 0 atom stereocenters. The molecule has 1 aliphatic heterocycles. The van der Waals surface area contributed by atoms with Gasteiger partial charge in [-0.15, -0.1) is 0 Å². The number of benzene rings is 1. The van der Waals surface area contributed by atoms with Crippen LogP contribution in [0.1, 0.15) is 33.6 Å². The summed E-state index contributed by atoms with van der Waals surface area (Å²) in [4.78, 5) is 35.7. The lowest BCUT2D eigenvalue weighted by Crippen LogP contribution is -2.42. The topological polar surface area (TPSA) is 102 Å². The number of rotatable bonds is 5. The van der Waals surface area contributed by atoms with E-state index in [1.807, 2.05) is 57.1 Å². The van der Waals surface area contributed by atoms with Crippen LogP contribution in [0.15, 0.2) is 36.8 Å². The number of hydrogen-bond donors (Lipinski definition) is 1. The van der Waals surface area contributed by atoms with E-state index >= 15 is 0 Å². The average Bonchev–Trinajstić information content (AvgIpc) is 3.18. The molecule has 1 amide bonds. The van der Waals surface area contributed by atoms with Crippen LogP contribution in [0.3, 0.4) is 0 Å². The monoisotopic (exact) mass is 450 g/mol. The van der Waals surface area contributed by atoms with E-state index in [1.54, 1.807) is 17.1 Å². The predicted molar refractivity (Wildman–Crippen MR) is 125 cm³/mol. The number of hydrogen-bond acceptors (Lipinski definition) is 7. The van der Waals surface area contributed by atoms with Gasteiger partial charge in [0.15, 0.2) is 0 Å². The normalized spacial score (nSPS) is 15.5. The zero-order valence-electron chi connectivity index (χ0n) is 19.5. The minimum absolute atomic E-state index is 0.0883. The molecule has 0 spiro atoms. The third-order valence-corrected chi connectivity index (χ3v) is 5.59. The summed E-state index contributed by atoms with van der Waals surface area (Å²) in [6.07, 6.45) is 6.82. The standard InChI is InChI=1S/C24H30N6O3/c1-24(2,3)33-21(31)15-30-9-7-16(8-10-30)22(32)28-23-25-12-18-6-5-17(11-20(18)27-23)19-13-26-29(4)14-19/h5-6,11-14,16H,7-10,15H2,1-4H3,(H,25,27,28,32). The number of aryl methyl sites for hydroxylation is 1. The van der Waals surface area contributed by atoms with Crippen LogP contribution in [0.4, 0.5) is 5.95 Å². The van der Waals surface area contributed by atoms with Crippen molar-refractivity contribution < 1.29 is 14.3 Å². The Bertz CT molecular complexity index is 1160. The minimum Gasteiger partial charge on any atom is -0.459 e. The number of esters is 1. The van der Waals surface area contributed by atoms with Crippen LogP contribution in [0.2, 0.25) is 0 Å². The van der Waals surface area contributed by atoms with E-state index in [-0.39, 0.29) is 24.3 Å². The molecule has 3 aromatic rings. The van der Waals surface area contributed by atoms with E-state index < -0.39 is 5.60 Å². The Balaban J connectivity index is 1.35. The molecule has 1 saturated heterocycles. The molecule has 1 N–H and O–H groups in total. The van der Waals surface area contributed by atoms with Gasteiger partial charge < -0.3 is 4.74 Å². The molecule has 1 aliphatic rings. The Labute approximate surface area is 193 Å². The second kappa shape index (κ2) is 9.27. The summed E-state index contributed by atoms with van der Waals surface area (Å²) in [6.45, 7) is 7.16. The molecule has 0 radical (unpaired) electrons. The number of aromatic nitrogens is 4. The number of anilines is 1. The Kier molecular flexibility index (Phi) is 6.42. The molecule has 3 heterocycles. The number of ether oxygens (including phenoxy) is 1. The van der Waals surface area contributed by atoms with Gasteiger partial charge in [-0.2, -0.15) is 5.10 Å². The van der Waals surface area contributed by atoms with Crippen LogP contribution < -0.4 is 5.32 Å². The molecule has 0 unspecified atom stereocenters. The first-order valence-electron chi connectivity index (χ1n) is 11.2. The van der Waals surface area contributed by atoms with Crippen LogP contribution in [0.5, 0.6) is 0 Å². The summed E-state index contributed by atoms with van der Waals surface area (Å²) in [5.74, 6) is -0.164. The Morgan fingerprint density at radius 2 is 1.91 bits per heavy atom. The van der Waals surface area contributed by atoms with Gasteiger partial charge >= 0.3 is 5.97 Å². The highest BCUT2D eigenvalue weighted by Gasteiger charge is 2.27. The summed E-state index contributed by atoms with van der Waals surface area (Å²) in [5.41, 5.74) is 2.27. The molecule has 0 aliphatic carbocycles. The lowest BCUT2D eigenvalue weighted by Gasteiger charge is -2.31. The molecule has 0 saturated carbocycles. The van der Waals surface area contributed by atoms with Crippen LogP contribution in [0.25, 0.3) is 22.0 Å². The third kappa shape index (κ3) is 5.92. The van der Waals surface area contributed by atoms with Crippen molar-refractivity contribution in [2.24, 2.45) is 13.0 Å². The molecule has 4 rings (SSSR count). The van der Waals surface area contributed by atoms with E-state index in [0.29, 0.717) is 31.9 Å². The predicted octanol–water partition coefficient (Wildman–Crippen LogP) is 3.02. The Morgan fingerprint density at radius 3 is 2.58 bits per heavy atom. The highest BCUT2D eigenvalue weighted by atomic mass is 16.6. The first-order chi connectivity index (χ1) is 15.7.